The zero-order chi connectivity index (χ0) is 9.26. The second-order valence-electron chi connectivity index (χ2n) is 3.73. The van der Waals surface area contributed by atoms with Gasteiger partial charge in [0.05, 0.1) is 6.04 Å². The third kappa shape index (κ3) is 1.91. The highest BCUT2D eigenvalue weighted by Gasteiger charge is 2.24. The first-order chi connectivity index (χ1) is 6.31. The van der Waals surface area contributed by atoms with Crippen molar-refractivity contribution < 1.29 is 0 Å². The summed E-state index contributed by atoms with van der Waals surface area (Å²) in [5, 5.41) is 3.55. The number of hydrogen-bond donors (Lipinski definition) is 1. The molecule has 1 atom stereocenters. The third-order valence-electron chi connectivity index (χ3n) is 2.54. The minimum Gasteiger partial charge on any atom is -0.334 e. The average Bonchev–Trinajstić information content (AvgIpc) is 2.82. The zero-order valence-electron chi connectivity index (χ0n) is 8.33. The van der Waals surface area contributed by atoms with Crippen molar-refractivity contribution in [1.29, 1.82) is 0 Å². The molecule has 3 nitrogen and oxygen atoms in total. The topological polar surface area (TPSA) is 29.9 Å². The van der Waals surface area contributed by atoms with Crippen molar-refractivity contribution in [3.8, 4) is 0 Å². The first kappa shape index (κ1) is 8.75. The minimum atomic E-state index is 0.391. The van der Waals surface area contributed by atoms with Gasteiger partial charge in [-0.1, -0.05) is 0 Å². The van der Waals surface area contributed by atoms with Crippen molar-refractivity contribution in [2.24, 2.45) is 0 Å². The summed E-state index contributed by atoms with van der Waals surface area (Å²) >= 11 is 0. The lowest BCUT2D eigenvalue weighted by molar-refractivity contribution is 0.515. The highest BCUT2D eigenvalue weighted by Crippen LogP contribution is 2.23. The molecule has 1 aromatic rings. The van der Waals surface area contributed by atoms with Crippen LogP contribution in [0.15, 0.2) is 12.4 Å². The summed E-state index contributed by atoms with van der Waals surface area (Å²) in [6.45, 7) is 5.34. The maximum Gasteiger partial charge on any atom is 0.125 e. The molecule has 0 bridgehead atoms. The van der Waals surface area contributed by atoms with Gasteiger partial charge in [0.1, 0.15) is 5.82 Å². The van der Waals surface area contributed by atoms with Crippen molar-refractivity contribution >= 4 is 0 Å². The van der Waals surface area contributed by atoms with E-state index >= 15 is 0 Å². The molecule has 13 heavy (non-hydrogen) atoms. The highest BCUT2D eigenvalue weighted by atomic mass is 15.1. The summed E-state index contributed by atoms with van der Waals surface area (Å²) in [4.78, 5) is 4.37. The van der Waals surface area contributed by atoms with Gasteiger partial charge in [-0.2, -0.15) is 0 Å². The fourth-order valence-corrected chi connectivity index (χ4v) is 1.65. The second-order valence-corrected chi connectivity index (χ2v) is 3.73. The van der Waals surface area contributed by atoms with E-state index in [4.69, 9.17) is 0 Å². The van der Waals surface area contributed by atoms with Crippen LogP contribution in [-0.2, 0) is 6.54 Å². The van der Waals surface area contributed by atoms with Crippen molar-refractivity contribution in [2.75, 3.05) is 0 Å². The number of hydrogen-bond acceptors (Lipinski definition) is 2. The van der Waals surface area contributed by atoms with E-state index in [9.17, 15) is 0 Å². The predicted octanol–water partition coefficient (Wildman–Crippen LogP) is 1.72. The average molecular weight is 179 g/mol. The predicted molar refractivity (Wildman–Crippen MR) is 52.5 cm³/mol. The first-order valence-corrected chi connectivity index (χ1v) is 5.08. The van der Waals surface area contributed by atoms with Gasteiger partial charge < -0.3 is 9.88 Å². The van der Waals surface area contributed by atoms with Crippen LogP contribution in [0.25, 0.3) is 0 Å². The highest BCUT2D eigenvalue weighted by molar-refractivity contribution is 5.00. The van der Waals surface area contributed by atoms with Gasteiger partial charge >= 0.3 is 0 Å². The molecule has 3 heteroatoms. The van der Waals surface area contributed by atoms with Gasteiger partial charge in [-0.3, -0.25) is 0 Å². The van der Waals surface area contributed by atoms with Crippen LogP contribution in [-0.4, -0.2) is 15.6 Å². The number of aryl methyl sites for hydroxylation is 1. The van der Waals surface area contributed by atoms with Gasteiger partial charge in [0.15, 0.2) is 0 Å². The monoisotopic (exact) mass is 179 g/mol. The van der Waals surface area contributed by atoms with E-state index in [2.05, 4.69) is 28.7 Å². The summed E-state index contributed by atoms with van der Waals surface area (Å²) in [5.41, 5.74) is 0. The Morgan fingerprint density at radius 3 is 3.08 bits per heavy atom. The van der Waals surface area contributed by atoms with Gasteiger partial charge in [0.2, 0.25) is 0 Å². The van der Waals surface area contributed by atoms with Gasteiger partial charge in [0.25, 0.3) is 0 Å². The van der Waals surface area contributed by atoms with E-state index in [1.165, 1.54) is 12.8 Å². The van der Waals surface area contributed by atoms with Crippen LogP contribution in [0.3, 0.4) is 0 Å². The molecule has 0 radical (unpaired) electrons. The van der Waals surface area contributed by atoms with Crippen molar-refractivity contribution in [3.63, 3.8) is 0 Å². The largest absolute Gasteiger partial charge is 0.334 e. The maximum absolute atomic E-state index is 4.37. The molecule has 72 valence electrons. The lowest BCUT2D eigenvalue weighted by Gasteiger charge is -2.13. The number of imidazole rings is 1. The Kier molecular flexibility index (Phi) is 2.36. The normalized spacial score (nSPS) is 18.9. The van der Waals surface area contributed by atoms with E-state index in [1.807, 2.05) is 12.4 Å². The Labute approximate surface area is 79.2 Å². The smallest absolute Gasteiger partial charge is 0.125 e. The molecule has 1 saturated carbocycles. The Hall–Kier alpha value is -0.830. The standard InChI is InChI=1S/C10H17N3/c1-3-13-7-6-11-10(13)8(2)12-9-4-5-9/h6-9,12H,3-5H2,1-2H3/t8-/m0/s1. The fraction of sp³-hybridized carbons (Fsp3) is 0.700. The fourth-order valence-electron chi connectivity index (χ4n) is 1.65. The summed E-state index contributed by atoms with van der Waals surface area (Å²) in [7, 11) is 0. The van der Waals surface area contributed by atoms with Crippen LogP contribution < -0.4 is 5.32 Å². The quantitative estimate of drug-likeness (QED) is 0.762. The molecule has 0 unspecified atom stereocenters. The van der Waals surface area contributed by atoms with Crippen LogP contribution in [0.1, 0.15) is 38.6 Å². The SMILES string of the molecule is CCn1ccnc1[C@H](C)NC1CC1. The van der Waals surface area contributed by atoms with Gasteiger partial charge in [-0.05, 0) is 26.7 Å². The van der Waals surface area contributed by atoms with E-state index < -0.39 is 0 Å². The molecule has 1 aliphatic carbocycles. The Bertz CT molecular complexity index is 275. The molecule has 0 spiro atoms. The van der Waals surface area contributed by atoms with Gasteiger partial charge in [-0.15, -0.1) is 0 Å². The molecule has 1 heterocycles. The lowest BCUT2D eigenvalue weighted by atomic mass is 10.3. The summed E-state index contributed by atoms with van der Waals surface area (Å²) < 4.78 is 2.19. The lowest BCUT2D eigenvalue weighted by Crippen LogP contribution is -2.23. The van der Waals surface area contributed by atoms with Crippen LogP contribution in [0.4, 0.5) is 0 Å². The summed E-state index contributed by atoms with van der Waals surface area (Å²) in [6, 6.07) is 1.14. The van der Waals surface area contributed by atoms with Crippen LogP contribution in [0, 0.1) is 0 Å². The zero-order valence-corrected chi connectivity index (χ0v) is 8.33. The van der Waals surface area contributed by atoms with E-state index in [0.29, 0.717) is 6.04 Å². The number of nitrogens with zero attached hydrogens (tertiary/aromatic N) is 2. The van der Waals surface area contributed by atoms with Crippen LogP contribution in [0.2, 0.25) is 0 Å². The Balaban J connectivity index is 2.04. The molecule has 0 saturated heterocycles. The minimum absolute atomic E-state index is 0.391. The molecule has 1 N–H and O–H groups in total. The van der Waals surface area contributed by atoms with Crippen molar-refractivity contribution in [2.45, 2.75) is 45.3 Å². The molecule has 1 fully saturated rings. The van der Waals surface area contributed by atoms with E-state index in [-0.39, 0.29) is 0 Å². The maximum atomic E-state index is 4.37. The molecule has 1 aromatic heterocycles. The van der Waals surface area contributed by atoms with E-state index in [0.717, 1.165) is 18.4 Å². The summed E-state index contributed by atoms with van der Waals surface area (Å²) in [6.07, 6.45) is 6.58. The van der Waals surface area contributed by atoms with Gasteiger partial charge in [0, 0.05) is 25.0 Å². The summed E-state index contributed by atoms with van der Waals surface area (Å²) in [5.74, 6) is 1.16. The number of rotatable bonds is 4. The Morgan fingerprint density at radius 1 is 1.69 bits per heavy atom. The van der Waals surface area contributed by atoms with E-state index in [1.54, 1.807) is 0 Å². The number of nitrogens with one attached hydrogen (secondary N) is 1. The molecule has 1 aliphatic rings. The molecule has 0 aromatic carbocycles. The second kappa shape index (κ2) is 3.50. The molecule has 0 amide bonds. The molecular weight excluding hydrogens is 162 g/mol. The van der Waals surface area contributed by atoms with Gasteiger partial charge in [-0.25, -0.2) is 4.98 Å². The van der Waals surface area contributed by atoms with Crippen molar-refractivity contribution in [3.05, 3.63) is 18.2 Å². The third-order valence-corrected chi connectivity index (χ3v) is 2.54. The van der Waals surface area contributed by atoms with Crippen LogP contribution in [0.5, 0.6) is 0 Å². The van der Waals surface area contributed by atoms with Crippen molar-refractivity contribution in [1.82, 2.24) is 14.9 Å². The van der Waals surface area contributed by atoms with Crippen LogP contribution >= 0.6 is 0 Å². The molecule has 2 rings (SSSR count). The number of aromatic nitrogens is 2. The molecular formula is C10H17N3. The Morgan fingerprint density at radius 2 is 2.46 bits per heavy atom. The molecule has 0 aliphatic heterocycles. The first-order valence-electron chi connectivity index (χ1n) is 5.08.